The summed E-state index contributed by atoms with van der Waals surface area (Å²) in [6.07, 6.45) is 4.27. The number of benzene rings is 1. The van der Waals surface area contributed by atoms with E-state index in [4.69, 9.17) is 4.74 Å². The van der Waals surface area contributed by atoms with Gasteiger partial charge in [-0.15, -0.1) is 11.3 Å². The number of fused-ring (bicyclic) bond motifs is 1. The lowest BCUT2D eigenvalue weighted by atomic mass is 10.1. The number of H-pyrrole nitrogens is 1. The standard InChI is InChI=1S/C14H12N2O2S/c1-18-14(17)12-8-10-9(3-2-4-11(10)19-12)7-13-15-5-6-16-13/h2-6,8H,7H2,1H3,(H,15,16). The lowest BCUT2D eigenvalue weighted by molar-refractivity contribution is 0.0606. The molecule has 19 heavy (non-hydrogen) atoms. The van der Waals surface area contributed by atoms with Gasteiger partial charge in [-0.25, -0.2) is 9.78 Å². The van der Waals surface area contributed by atoms with Crippen LogP contribution >= 0.6 is 11.3 Å². The van der Waals surface area contributed by atoms with E-state index in [1.807, 2.05) is 24.4 Å². The largest absolute Gasteiger partial charge is 0.465 e. The Morgan fingerprint density at radius 3 is 3.11 bits per heavy atom. The third-order valence-corrected chi connectivity index (χ3v) is 4.03. The first-order valence-electron chi connectivity index (χ1n) is 5.86. The maximum Gasteiger partial charge on any atom is 0.348 e. The van der Waals surface area contributed by atoms with Gasteiger partial charge in [-0.2, -0.15) is 0 Å². The van der Waals surface area contributed by atoms with Gasteiger partial charge in [-0.3, -0.25) is 0 Å². The van der Waals surface area contributed by atoms with Gasteiger partial charge in [-0.05, 0) is 23.1 Å². The molecule has 0 aliphatic carbocycles. The van der Waals surface area contributed by atoms with Crippen LogP contribution in [-0.4, -0.2) is 23.0 Å². The Morgan fingerprint density at radius 2 is 2.37 bits per heavy atom. The molecule has 0 aliphatic rings. The van der Waals surface area contributed by atoms with E-state index in [9.17, 15) is 4.79 Å². The van der Waals surface area contributed by atoms with E-state index >= 15 is 0 Å². The number of carbonyl (C=O) groups is 1. The van der Waals surface area contributed by atoms with Crippen LogP contribution in [0.2, 0.25) is 0 Å². The zero-order valence-corrected chi connectivity index (χ0v) is 11.2. The molecule has 0 unspecified atom stereocenters. The average molecular weight is 272 g/mol. The second-order valence-electron chi connectivity index (χ2n) is 4.14. The summed E-state index contributed by atoms with van der Waals surface area (Å²) in [4.78, 5) is 19.5. The normalized spacial score (nSPS) is 10.8. The van der Waals surface area contributed by atoms with Crippen molar-refractivity contribution in [1.29, 1.82) is 0 Å². The van der Waals surface area contributed by atoms with E-state index in [0.29, 0.717) is 4.88 Å². The van der Waals surface area contributed by atoms with Crippen LogP contribution in [0.1, 0.15) is 21.1 Å². The predicted octanol–water partition coefficient (Wildman–Crippen LogP) is 3.00. The second-order valence-corrected chi connectivity index (χ2v) is 5.23. The van der Waals surface area contributed by atoms with Crippen LogP contribution in [0, 0.1) is 0 Å². The molecule has 0 radical (unpaired) electrons. The highest BCUT2D eigenvalue weighted by molar-refractivity contribution is 7.20. The van der Waals surface area contributed by atoms with Crippen LogP contribution in [-0.2, 0) is 11.2 Å². The molecule has 1 aromatic carbocycles. The van der Waals surface area contributed by atoms with Crippen molar-refractivity contribution in [3.8, 4) is 0 Å². The molecule has 0 atom stereocenters. The number of carbonyl (C=O) groups excluding carboxylic acids is 1. The number of rotatable bonds is 3. The Morgan fingerprint density at radius 1 is 1.47 bits per heavy atom. The van der Waals surface area contributed by atoms with Crippen molar-refractivity contribution >= 4 is 27.4 Å². The van der Waals surface area contributed by atoms with Gasteiger partial charge in [0.05, 0.1) is 7.11 Å². The third kappa shape index (κ3) is 2.24. The predicted molar refractivity (Wildman–Crippen MR) is 74.6 cm³/mol. The molecule has 0 bridgehead atoms. The zero-order chi connectivity index (χ0) is 13.2. The molecule has 0 fully saturated rings. The molecule has 2 heterocycles. The molecule has 3 aromatic rings. The number of esters is 1. The highest BCUT2D eigenvalue weighted by Crippen LogP contribution is 2.29. The van der Waals surface area contributed by atoms with E-state index < -0.39 is 0 Å². The summed E-state index contributed by atoms with van der Waals surface area (Å²) in [6, 6.07) is 7.96. The SMILES string of the molecule is COC(=O)c1cc2c(Cc3ncc[nH]3)cccc2s1. The molecule has 0 saturated carbocycles. The van der Waals surface area contributed by atoms with Crippen molar-refractivity contribution in [2.75, 3.05) is 7.11 Å². The maximum atomic E-state index is 11.6. The molecule has 2 aromatic heterocycles. The minimum Gasteiger partial charge on any atom is -0.465 e. The van der Waals surface area contributed by atoms with E-state index in [1.54, 1.807) is 6.20 Å². The molecule has 1 N–H and O–H groups in total. The second kappa shape index (κ2) is 4.85. The number of hydrogen-bond donors (Lipinski definition) is 1. The van der Waals surface area contributed by atoms with Crippen LogP contribution in [0.3, 0.4) is 0 Å². The molecule has 0 spiro atoms. The zero-order valence-electron chi connectivity index (χ0n) is 10.3. The van der Waals surface area contributed by atoms with Crippen molar-refractivity contribution in [2.24, 2.45) is 0 Å². The third-order valence-electron chi connectivity index (χ3n) is 2.95. The van der Waals surface area contributed by atoms with Gasteiger partial charge in [0.2, 0.25) is 0 Å². The lowest BCUT2D eigenvalue weighted by Gasteiger charge is -2.00. The number of thiophene rings is 1. The fourth-order valence-corrected chi connectivity index (χ4v) is 3.08. The van der Waals surface area contributed by atoms with Gasteiger partial charge in [0.25, 0.3) is 0 Å². The Bertz CT molecular complexity index is 716. The fourth-order valence-electron chi connectivity index (χ4n) is 2.05. The number of methoxy groups -OCH3 is 1. The molecule has 3 rings (SSSR count). The summed E-state index contributed by atoms with van der Waals surface area (Å²) in [5, 5.41) is 1.09. The van der Waals surface area contributed by atoms with Crippen LogP contribution in [0.4, 0.5) is 0 Å². The summed E-state index contributed by atoms with van der Waals surface area (Å²) in [7, 11) is 1.40. The van der Waals surface area contributed by atoms with Crippen molar-refractivity contribution in [1.82, 2.24) is 9.97 Å². The Labute approximate surface area is 114 Å². The smallest absolute Gasteiger partial charge is 0.348 e. The molecular weight excluding hydrogens is 260 g/mol. The highest BCUT2D eigenvalue weighted by atomic mass is 32.1. The van der Waals surface area contributed by atoms with Gasteiger partial charge in [0, 0.05) is 23.5 Å². The van der Waals surface area contributed by atoms with Gasteiger partial charge in [0.15, 0.2) is 0 Å². The first-order chi connectivity index (χ1) is 9.28. The van der Waals surface area contributed by atoms with Crippen LogP contribution in [0.25, 0.3) is 10.1 Å². The van der Waals surface area contributed by atoms with Gasteiger partial charge in [-0.1, -0.05) is 12.1 Å². The number of nitrogens with one attached hydrogen (secondary N) is 1. The minimum atomic E-state index is -0.287. The Hall–Kier alpha value is -2.14. The maximum absolute atomic E-state index is 11.6. The summed E-state index contributed by atoms with van der Waals surface area (Å²) in [5.41, 5.74) is 1.15. The number of hydrogen-bond acceptors (Lipinski definition) is 4. The molecule has 96 valence electrons. The first-order valence-corrected chi connectivity index (χ1v) is 6.67. The molecule has 0 aliphatic heterocycles. The summed E-state index contributed by atoms with van der Waals surface area (Å²) < 4.78 is 5.85. The van der Waals surface area contributed by atoms with Gasteiger partial charge >= 0.3 is 5.97 Å². The van der Waals surface area contributed by atoms with Crippen molar-refractivity contribution in [3.05, 3.63) is 52.9 Å². The topological polar surface area (TPSA) is 55.0 Å². The van der Waals surface area contributed by atoms with Crippen molar-refractivity contribution in [2.45, 2.75) is 6.42 Å². The first kappa shape index (κ1) is 11.9. The van der Waals surface area contributed by atoms with E-state index in [1.165, 1.54) is 18.4 Å². The van der Waals surface area contributed by atoms with E-state index in [2.05, 4.69) is 16.0 Å². The number of imidazole rings is 1. The fraction of sp³-hybridized carbons (Fsp3) is 0.143. The summed E-state index contributed by atoms with van der Waals surface area (Å²) in [6.45, 7) is 0. The van der Waals surface area contributed by atoms with Crippen LogP contribution in [0.5, 0.6) is 0 Å². The summed E-state index contributed by atoms with van der Waals surface area (Å²) in [5.74, 6) is 0.628. The molecule has 0 amide bonds. The number of ether oxygens (including phenoxy) is 1. The molecule has 0 saturated heterocycles. The van der Waals surface area contributed by atoms with Crippen LogP contribution < -0.4 is 0 Å². The summed E-state index contributed by atoms with van der Waals surface area (Å²) >= 11 is 1.45. The Balaban J connectivity index is 2.04. The Kier molecular flexibility index (Phi) is 3.05. The number of aromatic amines is 1. The molecule has 5 heteroatoms. The van der Waals surface area contributed by atoms with Crippen LogP contribution in [0.15, 0.2) is 36.7 Å². The average Bonchev–Trinajstić information content (AvgIpc) is 3.06. The van der Waals surface area contributed by atoms with Crippen molar-refractivity contribution < 1.29 is 9.53 Å². The quantitative estimate of drug-likeness (QED) is 0.746. The van der Waals surface area contributed by atoms with Gasteiger partial charge in [0.1, 0.15) is 10.7 Å². The number of aromatic nitrogens is 2. The van der Waals surface area contributed by atoms with Gasteiger partial charge < -0.3 is 9.72 Å². The van der Waals surface area contributed by atoms with Crippen molar-refractivity contribution in [3.63, 3.8) is 0 Å². The molecule has 4 nitrogen and oxygen atoms in total. The minimum absolute atomic E-state index is 0.287. The van der Waals surface area contributed by atoms with E-state index in [-0.39, 0.29) is 5.97 Å². The number of nitrogens with zero attached hydrogens (tertiary/aromatic N) is 1. The molecular formula is C14H12N2O2S. The van der Waals surface area contributed by atoms with E-state index in [0.717, 1.165) is 27.9 Å². The highest BCUT2D eigenvalue weighted by Gasteiger charge is 2.12. The monoisotopic (exact) mass is 272 g/mol. The lowest BCUT2D eigenvalue weighted by Crippen LogP contribution is -1.96.